The number of benzene rings is 2. The molecule has 2 heterocycles. The van der Waals surface area contributed by atoms with Crippen LogP contribution in [0.2, 0.25) is 0 Å². The van der Waals surface area contributed by atoms with Crippen molar-refractivity contribution in [2.24, 2.45) is 0 Å². The first-order chi connectivity index (χ1) is 13.6. The van der Waals surface area contributed by atoms with Crippen molar-refractivity contribution in [3.63, 3.8) is 0 Å². The highest BCUT2D eigenvalue weighted by molar-refractivity contribution is 9.10. The normalized spacial score (nSPS) is 10.8. The van der Waals surface area contributed by atoms with Crippen molar-refractivity contribution in [2.45, 2.75) is 6.54 Å². The van der Waals surface area contributed by atoms with E-state index < -0.39 is 5.82 Å². The summed E-state index contributed by atoms with van der Waals surface area (Å²) in [6.45, 7) is 0.207. The number of pyridine rings is 1. The molecule has 2 aromatic heterocycles. The highest BCUT2D eigenvalue weighted by Crippen LogP contribution is 2.28. The van der Waals surface area contributed by atoms with Gasteiger partial charge in [-0.05, 0) is 40.2 Å². The van der Waals surface area contributed by atoms with Gasteiger partial charge < -0.3 is 15.0 Å². The van der Waals surface area contributed by atoms with Gasteiger partial charge in [-0.1, -0.05) is 30.3 Å². The van der Waals surface area contributed by atoms with Gasteiger partial charge in [-0.2, -0.15) is 0 Å². The van der Waals surface area contributed by atoms with Crippen molar-refractivity contribution in [3.8, 4) is 11.6 Å². The van der Waals surface area contributed by atoms with Gasteiger partial charge in [0.2, 0.25) is 5.88 Å². The lowest BCUT2D eigenvalue weighted by molar-refractivity contribution is 0.0946. The molecule has 0 aliphatic rings. The van der Waals surface area contributed by atoms with Gasteiger partial charge in [-0.3, -0.25) is 4.79 Å². The molecule has 7 heteroatoms. The maximum Gasteiger partial charge on any atom is 0.269 e. The average Bonchev–Trinajstić information content (AvgIpc) is 3.04. The van der Waals surface area contributed by atoms with Gasteiger partial charge in [0.1, 0.15) is 17.3 Å². The zero-order valence-electron chi connectivity index (χ0n) is 14.6. The van der Waals surface area contributed by atoms with Crippen LogP contribution in [0.15, 0.2) is 71.3 Å². The number of hydrogen-bond donors (Lipinski definition) is 2. The molecule has 0 fully saturated rings. The summed E-state index contributed by atoms with van der Waals surface area (Å²) in [7, 11) is 0. The molecule has 2 aromatic carbocycles. The molecular weight excluding hydrogens is 425 g/mol. The van der Waals surface area contributed by atoms with E-state index in [1.807, 2.05) is 24.3 Å². The van der Waals surface area contributed by atoms with E-state index in [2.05, 4.69) is 31.2 Å². The van der Waals surface area contributed by atoms with Gasteiger partial charge in [0, 0.05) is 35.3 Å². The van der Waals surface area contributed by atoms with Crippen LogP contribution in [-0.2, 0) is 6.54 Å². The maximum absolute atomic E-state index is 13.4. The number of carbonyl (C=O) groups is 1. The lowest BCUT2D eigenvalue weighted by atomic mass is 10.2. The number of nitrogens with zero attached hydrogens (tertiary/aromatic N) is 1. The van der Waals surface area contributed by atoms with E-state index >= 15 is 0 Å². The van der Waals surface area contributed by atoms with Crippen LogP contribution in [0, 0.1) is 5.82 Å². The smallest absolute Gasteiger partial charge is 0.269 e. The number of hydrogen-bond acceptors (Lipinski definition) is 3. The SMILES string of the molecule is O=C(NCc1cccnc1Oc1cccc(F)c1)c1[nH]c2ccccc2c1Br. The number of ether oxygens (including phenoxy) is 1. The predicted octanol–water partition coefficient (Wildman–Crippen LogP) is 5.19. The molecule has 140 valence electrons. The summed E-state index contributed by atoms with van der Waals surface area (Å²) in [6, 6.07) is 17.0. The second-order valence-corrected chi connectivity index (χ2v) is 6.86. The van der Waals surface area contributed by atoms with E-state index in [0.717, 1.165) is 10.9 Å². The largest absolute Gasteiger partial charge is 0.439 e. The molecule has 0 radical (unpaired) electrons. The van der Waals surface area contributed by atoms with Crippen LogP contribution < -0.4 is 10.1 Å². The molecule has 0 unspecified atom stereocenters. The first-order valence-corrected chi connectivity index (χ1v) is 9.33. The Hall–Kier alpha value is -3.19. The number of nitrogens with one attached hydrogen (secondary N) is 2. The lowest BCUT2D eigenvalue weighted by Gasteiger charge is -2.10. The summed E-state index contributed by atoms with van der Waals surface area (Å²) in [5, 5.41) is 3.79. The number of rotatable bonds is 5. The quantitative estimate of drug-likeness (QED) is 0.449. The van der Waals surface area contributed by atoms with Gasteiger partial charge in [0.05, 0.1) is 4.47 Å². The van der Waals surface area contributed by atoms with Gasteiger partial charge in [0.15, 0.2) is 0 Å². The molecule has 0 aliphatic carbocycles. The Morgan fingerprint density at radius 1 is 1.14 bits per heavy atom. The Kier molecular flexibility index (Phi) is 5.08. The standard InChI is InChI=1S/C21H15BrFN3O2/c22-18-16-8-1-2-9-17(16)26-19(18)20(27)25-12-13-5-4-10-24-21(13)28-15-7-3-6-14(23)11-15/h1-11,26H,12H2,(H,25,27). The minimum absolute atomic E-state index is 0.207. The van der Waals surface area contributed by atoms with Crippen molar-refractivity contribution < 1.29 is 13.9 Å². The number of H-pyrrole nitrogens is 1. The van der Waals surface area contributed by atoms with Crippen LogP contribution in [0.3, 0.4) is 0 Å². The zero-order valence-corrected chi connectivity index (χ0v) is 16.2. The third-order valence-electron chi connectivity index (χ3n) is 4.17. The highest BCUT2D eigenvalue weighted by Gasteiger charge is 2.16. The van der Waals surface area contributed by atoms with E-state index in [1.165, 1.54) is 12.1 Å². The summed E-state index contributed by atoms with van der Waals surface area (Å²) in [5.74, 6) is -0.00988. The Morgan fingerprint density at radius 3 is 2.82 bits per heavy atom. The molecular formula is C21H15BrFN3O2. The monoisotopic (exact) mass is 439 g/mol. The van der Waals surface area contributed by atoms with Crippen molar-refractivity contribution in [2.75, 3.05) is 0 Å². The number of amides is 1. The fraction of sp³-hybridized carbons (Fsp3) is 0.0476. The summed E-state index contributed by atoms with van der Waals surface area (Å²) >= 11 is 3.48. The van der Waals surface area contributed by atoms with Crippen molar-refractivity contribution in [3.05, 3.63) is 88.4 Å². The van der Waals surface area contributed by atoms with Crippen LogP contribution in [0.5, 0.6) is 11.6 Å². The molecule has 0 atom stereocenters. The van der Waals surface area contributed by atoms with E-state index in [0.29, 0.717) is 27.4 Å². The van der Waals surface area contributed by atoms with E-state index in [1.54, 1.807) is 30.5 Å². The second kappa shape index (κ2) is 7.82. The van der Waals surface area contributed by atoms with Gasteiger partial charge in [0.25, 0.3) is 5.91 Å². The summed E-state index contributed by atoms with van der Waals surface area (Å²) in [4.78, 5) is 19.9. The second-order valence-electron chi connectivity index (χ2n) is 6.07. The topological polar surface area (TPSA) is 67.0 Å². The van der Waals surface area contributed by atoms with E-state index in [9.17, 15) is 9.18 Å². The van der Waals surface area contributed by atoms with Crippen LogP contribution in [-0.4, -0.2) is 15.9 Å². The molecule has 4 aromatic rings. The summed E-state index contributed by atoms with van der Waals surface area (Å²) < 4.78 is 19.8. The molecule has 0 saturated heterocycles. The fourth-order valence-electron chi connectivity index (χ4n) is 2.82. The molecule has 5 nitrogen and oxygen atoms in total. The lowest BCUT2D eigenvalue weighted by Crippen LogP contribution is -2.23. The fourth-order valence-corrected chi connectivity index (χ4v) is 3.45. The Bertz CT molecular complexity index is 1160. The van der Waals surface area contributed by atoms with Crippen LogP contribution >= 0.6 is 15.9 Å². The predicted molar refractivity (Wildman–Crippen MR) is 108 cm³/mol. The molecule has 0 saturated carbocycles. The summed E-state index contributed by atoms with van der Waals surface area (Å²) in [5.41, 5.74) is 1.99. The van der Waals surface area contributed by atoms with E-state index in [4.69, 9.17) is 4.74 Å². The third kappa shape index (κ3) is 3.75. The van der Waals surface area contributed by atoms with Gasteiger partial charge >= 0.3 is 0 Å². The van der Waals surface area contributed by atoms with Crippen LogP contribution in [0.4, 0.5) is 4.39 Å². The minimum Gasteiger partial charge on any atom is -0.439 e. The Balaban J connectivity index is 1.52. The minimum atomic E-state index is -0.396. The number of fused-ring (bicyclic) bond motifs is 1. The van der Waals surface area contributed by atoms with Crippen molar-refractivity contribution in [1.82, 2.24) is 15.3 Å². The van der Waals surface area contributed by atoms with Gasteiger partial charge in [-0.25, -0.2) is 9.37 Å². The first-order valence-electron chi connectivity index (χ1n) is 8.53. The number of aromatic amines is 1. The number of halogens is 2. The highest BCUT2D eigenvalue weighted by atomic mass is 79.9. The van der Waals surface area contributed by atoms with E-state index in [-0.39, 0.29) is 12.5 Å². The molecule has 1 amide bonds. The number of para-hydroxylation sites is 1. The maximum atomic E-state index is 13.4. The molecule has 0 aliphatic heterocycles. The molecule has 0 bridgehead atoms. The molecule has 0 spiro atoms. The average molecular weight is 440 g/mol. The molecule has 4 rings (SSSR count). The zero-order chi connectivity index (χ0) is 19.5. The van der Waals surface area contributed by atoms with Crippen molar-refractivity contribution >= 4 is 32.7 Å². The third-order valence-corrected chi connectivity index (χ3v) is 4.99. The van der Waals surface area contributed by atoms with Crippen LogP contribution in [0.1, 0.15) is 16.1 Å². The van der Waals surface area contributed by atoms with Gasteiger partial charge in [-0.15, -0.1) is 0 Å². The molecule has 2 N–H and O–H groups in total. The Labute approximate surface area is 168 Å². The molecule has 28 heavy (non-hydrogen) atoms. The number of carbonyl (C=O) groups excluding carboxylic acids is 1. The summed E-state index contributed by atoms with van der Waals surface area (Å²) in [6.07, 6.45) is 1.58. The van der Waals surface area contributed by atoms with Crippen molar-refractivity contribution in [1.29, 1.82) is 0 Å². The Morgan fingerprint density at radius 2 is 2.00 bits per heavy atom. The van der Waals surface area contributed by atoms with Crippen LogP contribution in [0.25, 0.3) is 10.9 Å². The first kappa shape index (κ1) is 18.2. The number of aromatic nitrogens is 2.